The molecule has 2 nitrogen and oxygen atoms in total. The van der Waals surface area contributed by atoms with E-state index in [9.17, 15) is 4.79 Å². The molecule has 0 N–H and O–H groups in total. The van der Waals surface area contributed by atoms with Gasteiger partial charge < -0.3 is 0 Å². The van der Waals surface area contributed by atoms with Gasteiger partial charge in [0.15, 0.2) is 0 Å². The maximum Gasteiger partial charge on any atom is 0.263 e. The Balaban J connectivity index is 1.44. The summed E-state index contributed by atoms with van der Waals surface area (Å²) < 4.78 is -0.104. The number of fused-ring (bicyclic) bond motifs is 2. The lowest BCUT2D eigenvalue weighted by Gasteiger charge is -2.22. The predicted octanol–water partition coefficient (Wildman–Crippen LogP) is 3.80. The van der Waals surface area contributed by atoms with Crippen LogP contribution in [-0.4, -0.2) is 15.7 Å². The third-order valence-electron chi connectivity index (χ3n) is 5.66. The number of aliphatic imine (C=N–C) groups is 1. The molecule has 1 aliphatic heterocycles. The summed E-state index contributed by atoms with van der Waals surface area (Å²) in [5, 5.41) is 1.18. The fraction of sp³-hybridized carbons (Fsp3) is 0.867. The second kappa shape index (κ2) is 4.09. The molecule has 0 aromatic carbocycles. The smallest absolute Gasteiger partial charge is 0.263 e. The minimum Gasteiger partial charge on any atom is -0.271 e. The van der Waals surface area contributed by atoms with Gasteiger partial charge in [0.25, 0.3) is 5.91 Å². The van der Waals surface area contributed by atoms with Crippen LogP contribution in [0.4, 0.5) is 0 Å². The van der Waals surface area contributed by atoms with Crippen LogP contribution in [0.2, 0.25) is 0 Å². The highest BCUT2D eigenvalue weighted by molar-refractivity contribution is 8.16. The Morgan fingerprint density at radius 1 is 1.22 bits per heavy atom. The van der Waals surface area contributed by atoms with Gasteiger partial charge in [-0.05, 0) is 56.3 Å². The van der Waals surface area contributed by atoms with E-state index in [4.69, 9.17) is 0 Å². The molecule has 3 saturated carbocycles. The lowest BCUT2D eigenvalue weighted by Crippen LogP contribution is -2.26. The summed E-state index contributed by atoms with van der Waals surface area (Å²) >= 11 is 1.84. The van der Waals surface area contributed by atoms with E-state index in [0.717, 1.165) is 37.0 Å². The van der Waals surface area contributed by atoms with E-state index in [1.807, 2.05) is 11.8 Å². The van der Waals surface area contributed by atoms with Gasteiger partial charge in [0.05, 0.1) is 5.04 Å². The van der Waals surface area contributed by atoms with E-state index in [-0.39, 0.29) is 10.7 Å². The Labute approximate surface area is 113 Å². The monoisotopic (exact) mass is 263 g/mol. The molecule has 0 aromatic heterocycles. The largest absolute Gasteiger partial charge is 0.271 e. The summed E-state index contributed by atoms with van der Waals surface area (Å²) in [7, 11) is 0. The number of hydrogen-bond acceptors (Lipinski definition) is 2. The molecule has 1 amide bonds. The van der Waals surface area contributed by atoms with Crippen LogP contribution in [0.1, 0.15) is 57.8 Å². The molecule has 4 rings (SSSR count). The van der Waals surface area contributed by atoms with E-state index in [0.29, 0.717) is 0 Å². The number of hydrogen-bond donors (Lipinski definition) is 0. The maximum absolute atomic E-state index is 12.1. The number of carbonyl (C=O) groups excluding carboxylic acids is 1. The van der Waals surface area contributed by atoms with Crippen molar-refractivity contribution in [2.24, 2.45) is 22.7 Å². The topological polar surface area (TPSA) is 29.4 Å². The van der Waals surface area contributed by atoms with Crippen molar-refractivity contribution in [3.8, 4) is 0 Å². The van der Waals surface area contributed by atoms with Gasteiger partial charge in [-0.1, -0.05) is 31.0 Å². The summed E-state index contributed by atoms with van der Waals surface area (Å²) in [5.74, 6) is 3.00. The summed E-state index contributed by atoms with van der Waals surface area (Å²) in [6, 6.07) is 0. The maximum atomic E-state index is 12.1. The van der Waals surface area contributed by atoms with Gasteiger partial charge in [-0.15, -0.1) is 0 Å². The van der Waals surface area contributed by atoms with E-state index in [2.05, 4.69) is 4.99 Å². The fourth-order valence-corrected chi connectivity index (χ4v) is 6.21. The first-order valence-corrected chi connectivity index (χ1v) is 8.38. The zero-order valence-corrected chi connectivity index (χ0v) is 11.7. The van der Waals surface area contributed by atoms with Crippen molar-refractivity contribution >= 4 is 22.7 Å². The Hall–Kier alpha value is -0.310. The molecule has 3 heteroatoms. The zero-order chi connectivity index (χ0) is 12.2. The SMILES string of the molecule is O=C1N=C(C[C@H]2C[C@@H]3CC[C@H]2C3)SC12CCCC2. The van der Waals surface area contributed by atoms with Crippen molar-refractivity contribution in [1.29, 1.82) is 0 Å². The van der Waals surface area contributed by atoms with Crippen molar-refractivity contribution in [3.05, 3.63) is 0 Å². The molecule has 1 spiro atoms. The summed E-state index contributed by atoms with van der Waals surface area (Å²) in [4.78, 5) is 16.5. The number of amides is 1. The molecule has 3 fully saturated rings. The molecule has 4 aliphatic rings. The van der Waals surface area contributed by atoms with Crippen LogP contribution in [-0.2, 0) is 4.79 Å². The van der Waals surface area contributed by atoms with E-state index >= 15 is 0 Å². The van der Waals surface area contributed by atoms with Crippen LogP contribution in [0.25, 0.3) is 0 Å². The van der Waals surface area contributed by atoms with Crippen LogP contribution >= 0.6 is 11.8 Å². The lowest BCUT2D eigenvalue weighted by molar-refractivity contribution is -0.119. The van der Waals surface area contributed by atoms with Crippen LogP contribution < -0.4 is 0 Å². The van der Waals surface area contributed by atoms with Crippen molar-refractivity contribution < 1.29 is 4.79 Å². The average Bonchev–Trinajstić information content (AvgIpc) is 3.06. The van der Waals surface area contributed by atoms with Crippen LogP contribution in [0.3, 0.4) is 0 Å². The second-order valence-corrected chi connectivity index (χ2v) is 8.21. The summed E-state index contributed by atoms with van der Waals surface area (Å²) in [6.45, 7) is 0. The van der Waals surface area contributed by atoms with E-state index < -0.39 is 0 Å². The highest BCUT2D eigenvalue weighted by Crippen LogP contribution is 2.53. The minimum atomic E-state index is -0.104. The molecule has 3 atom stereocenters. The van der Waals surface area contributed by atoms with Gasteiger partial charge in [0.2, 0.25) is 0 Å². The van der Waals surface area contributed by atoms with Crippen molar-refractivity contribution in [3.63, 3.8) is 0 Å². The standard InChI is InChI=1S/C15H21NOS/c17-14-15(5-1-2-6-15)18-13(16-14)9-12-8-10-3-4-11(12)7-10/h10-12H,1-9H2/t10-,11+,12-/m1/s1. The van der Waals surface area contributed by atoms with E-state index in [1.165, 1.54) is 43.6 Å². The fourth-order valence-electron chi connectivity index (χ4n) is 4.71. The van der Waals surface area contributed by atoms with Gasteiger partial charge in [0, 0.05) is 0 Å². The molecule has 0 aromatic rings. The predicted molar refractivity (Wildman–Crippen MR) is 74.8 cm³/mol. The molecule has 0 saturated heterocycles. The molecule has 2 bridgehead atoms. The molecular weight excluding hydrogens is 242 g/mol. The lowest BCUT2D eigenvalue weighted by atomic mass is 9.87. The molecule has 0 unspecified atom stereocenters. The van der Waals surface area contributed by atoms with Gasteiger partial charge >= 0.3 is 0 Å². The van der Waals surface area contributed by atoms with Gasteiger partial charge in [0.1, 0.15) is 4.75 Å². The average molecular weight is 263 g/mol. The Morgan fingerprint density at radius 3 is 2.72 bits per heavy atom. The highest BCUT2D eigenvalue weighted by Gasteiger charge is 2.48. The molecular formula is C15H21NOS. The quantitative estimate of drug-likeness (QED) is 0.758. The third-order valence-corrected chi connectivity index (χ3v) is 7.13. The third kappa shape index (κ3) is 1.70. The second-order valence-electron chi connectivity index (χ2n) is 6.75. The number of thioether (sulfide) groups is 1. The van der Waals surface area contributed by atoms with Crippen molar-refractivity contribution in [2.45, 2.75) is 62.5 Å². The molecule has 98 valence electrons. The van der Waals surface area contributed by atoms with Crippen LogP contribution in [0.5, 0.6) is 0 Å². The summed E-state index contributed by atoms with van der Waals surface area (Å²) in [5.41, 5.74) is 0. The molecule has 0 radical (unpaired) electrons. The minimum absolute atomic E-state index is 0.104. The van der Waals surface area contributed by atoms with Gasteiger partial charge in [-0.2, -0.15) is 0 Å². The van der Waals surface area contributed by atoms with Crippen LogP contribution in [0, 0.1) is 17.8 Å². The number of rotatable bonds is 2. The molecule has 18 heavy (non-hydrogen) atoms. The number of carbonyl (C=O) groups is 1. The summed E-state index contributed by atoms with van der Waals surface area (Å²) in [6.07, 6.45) is 11.5. The first-order chi connectivity index (χ1) is 8.75. The van der Waals surface area contributed by atoms with Crippen LogP contribution in [0.15, 0.2) is 4.99 Å². The first kappa shape index (κ1) is 11.5. The van der Waals surface area contributed by atoms with Crippen molar-refractivity contribution in [2.75, 3.05) is 0 Å². The Kier molecular flexibility index (Phi) is 2.62. The Morgan fingerprint density at radius 2 is 2.06 bits per heavy atom. The molecule has 1 heterocycles. The van der Waals surface area contributed by atoms with Crippen molar-refractivity contribution in [1.82, 2.24) is 0 Å². The molecule has 3 aliphatic carbocycles. The van der Waals surface area contributed by atoms with Gasteiger partial charge in [-0.3, -0.25) is 4.79 Å². The van der Waals surface area contributed by atoms with Gasteiger partial charge in [-0.25, -0.2) is 4.99 Å². The Bertz CT molecular complexity index is 411. The zero-order valence-electron chi connectivity index (χ0n) is 10.9. The normalized spacial score (nSPS) is 41.0. The van der Waals surface area contributed by atoms with E-state index in [1.54, 1.807) is 0 Å². The highest BCUT2D eigenvalue weighted by atomic mass is 32.2. The number of nitrogens with zero attached hydrogens (tertiary/aromatic N) is 1. The first-order valence-electron chi connectivity index (χ1n) is 7.56.